The first kappa shape index (κ1) is 16.2. The molecule has 0 unspecified atom stereocenters. The quantitative estimate of drug-likeness (QED) is 0.919. The van der Waals surface area contributed by atoms with Crippen LogP contribution in [-0.4, -0.2) is 35.7 Å². The van der Waals surface area contributed by atoms with Crippen molar-refractivity contribution in [2.45, 2.75) is 19.8 Å². The molecule has 1 saturated heterocycles. The standard InChI is InChI=1S/C16H19ClN4OS/c1-2-18-14(22)11-7-9-21(10-8-11)16-20-19-15(23-16)12-5-3-4-6-13(12)17/h3-6,11H,2,7-10H2,1H3,(H,18,22). The summed E-state index contributed by atoms with van der Waals surface area (Å²) < 4.78 is 0. The normalized spacial score (nSPS) is 15.7. The fourth-order valence-corrected chi connectivity index (χ4v) is 3.96. The summed E-state index contributed by atoms with van der Waals surface area (Å²) in [7, 11) is 0. The number of carbonyl (C=O) groups is 1. The summed E-state index contributed by atoms with van der Waals surface area (Å²) >= 11 is 7.76. The number of aromatic nitrogens is 2. The number of nitrogens with one attached hydrogen (secondary N) is 1. The van der Waals surface area contributed by atoms with E-state index in [9.17, 15) is 4.79 Å². The molecule has 1 aromatic carbocycles. The van der Waals surface area contributed by atoms with Crippen molar-refractivity contribution < 1.29 is 4.79 Å². The van der Waals surface area contributed by atoms with E-state index >= 15 is 0 Å². The van der Waals surface area contributed by atoms with Gasteiger partial charge in [-0.1, -0.05) is 41.1 Å². The van der Waals surface area contributed by atoms with Crippen LogP contribution in [0.2, 0.25) is 5.02 Å². The molecular weight excluding hydrogens is 332 g/mol. The van der Waals surface area contributed by atoms with E-state index in [1.54, 1.807) is 11.3 Å². The predicted molar refractivity (Wildman–Crippen MR) is 94.0 cm³/mol. The Labute approximate surface area is 144 Å². The zero-order valence-corrected chi connectivity index (χ0v) is 14.5. The number of rotatable bonds is 4. The Balaban J connectivity index is 1.66. The molecule has 0 atom stereocenters. The number of hydrogen-bond donors (Lipinski definition) is 1. The van der Waals surface area contributed by atoms with Crippen LogP contribution in [0.15, 0.2) is 24.3 Å². The highest BCUT2D eigenvalue weighted by molar-refractivity contribution is 7.18. The van der Waals surface area contributed by atoms with Crippen LogP contribution in [-0.2, 0) is 4.79 Å². The monoisotopic (exact) mass is 350 g/mol. The van der Waals surface area contributed by atoms with Gasteiger partial charge in [-0.3, -0.25) is 4.79 Å². The average molecular weight is 351 g/mol. The molecule has 1 aliphatic heterocycles. The number of benzene rings is 1. The maximum Gasteiger partial charge on any atom is 0.223 e. The second-order valence-electron chi connectivity index (χ2n) is 5.53. The van der Waals surface area contributed by atoms with E-state index < -0.39 is 0 Å². The van der Waals surface area contributed by atoms with Gasteiger partial charge in [0, 0.05) is 31.1 Å². The molecule has 1 aromatic heterocycles. The highest BCUT2D eigenvalue weighted by Gasteiger charge is 2.26. The van der Waals surface area contributed by atoms with Crippen LogP contribution in [0.4, 0.5) is 5.13 Å². The summed E-state index contributed by atoms with van der Waals surface area (Å²) in [6.45, 7) is 4.30. The van der Waals surface area contributed by atoms with Crippen molar-refractivity contribution in [2.75, 3.05) is 24.5 Å². The van der Waals surface area contributed by atoms with Gasteiger partial charge in [-0.15, -0.1) is 10.2 Å². The zero-order chi connectivity index (χ0) is 16.2. The summed E-state index contributed by atoms with van der Waals surface area (Å²) in [5.74, 6) is 0.281. The average Bonchev–Trinajstić information content (AvgIpc) is 3.05. The van der Waals surface area contributed by atoms with Gasteiger partial charge < -0.3 is 10.2 Å². The van der Waals surface area contributed by atoms with Crippen LogP contribution in [0, 0.1) is 5.92 Å². The van der Waals surface area contributed by atoms with Crippen molar-refractivity contribution in [3.8, 4) is 10.6 Å². The van der Waals surface area contributed by atoms with Crippen LogP contribution in [0.5, 0.6) is 0 Å². The van der Waals surface area contributed by atoms with E-state index in [4.69, 9.17) is 11.6 Å². The highest BCUT2D eigenvalue weighted by atomic mass is 35.5. The fourth-order valence-electron chi connectivity index (χ4n) is 2.74. The largest absolute Gasteiger partial charge is 0.356 e. The molecule has 7 heteroatoms. The maximum absolute atomic E-state index is 11.9. The number of carbonyl (C=O) groups excluding carboxylic acids is 1. The van der Waals surface area contributed by atoms with Crippen molar-refractivity contribution in [3.63, 3.8) is 0 Å². The molecule has 2 aromatic rings. The molecule has 3 rings (SSSR count). The zero-order valence-electron chi connectivity index (χ0n) is 13.0. The molecule has 5 nitrogen and oxygen atoms in total. The van der Waals surface area contributed by atoms with Crippen LogP contribution < -0.4 is 10.2 Å². The highest BCUT2D eigenvalue weighted by Crippen LogP contribution is 2.34. The second-order valence-corrected chi connectivity index (χ2v) is 6.89. The summed E-state index contributed by atoms with van der Waals surface area (Å²) in [4.78, 5) is 14.1. The number of anilines is 1. The van der Waals surface area contributed by atoms with Gasteiger partial charge in [0.05, 0.1) is 5.02 Å². The van der Waals surface area contributed by atoms with E-state index in [0.29, 0.717) is 11.6 Å². The molecule has 23 heavy (non-hydrogen) atoms. The lowest BCUT2D eigenvalue weighted by molar-refractivity contribution is -0.125. The molecule has 0 bridgehead atoms. The second kappa shape index (κ2) is 7.27. The predicted octanol–water partition coefficient (Wildman–Crippen LogP) is 3.21. The first-order chi connectivity index (χ1) is 11.2. The Morgan fingerprint density at radius 2 is 2.09 bits per heavy atom. The van der Waals surface area contributed by atoms with Gasteiger partial charge in [0.2, 0.25) is 11.0 Å². The lowest BCUT2D eigenvalue weighted by atomic mass is 9.96. The number of hydrogen-bond acceptors (Lipinski definition) is 5. The van der Waals surface area contributed by atoms with Gasteiger partial charge in [0.15, 0.2) is 5.01 Å². The first-order valence-corrected chi connectivity index (χ1v) is 8.99. The minimum Gasteiger partial charge on any atom is -0.356 e. The molecular formula is C16H19ClN4OS. The smallest absolute Gasteiger partial charge is 0.223 e. The van der Waals surface area contributed by atoms with E-state index in [0.717, 1.165) is 41.6 Å². The molecule has 0 aliphatic carbocycles. The van der Waals surface area contributed by atoms with Crippen LogP contribution >= 0.6 is 22.9 Å². The fraction of sp³-hybridized carbons (Fsp3) is 0.438. The van der Waals surface area contributed by atoms with Crippen LogP contribution in [0.1, 0.15) is 19.8 Å². The van der Waals surface area contributed by atoms with Crippen molar-refractivity contribution in [3.05, 3.63) is 29.3 Å². The van der Waals surface area contributed by atoms with Crippen molar-refractivity contribution >= 4 is 34.0 Å². The molecule has 2 heterocycles. The molecule has 122 valence electrons. The van der Waals surface area contributed by atoms with E-state index in [-0.39, 0.29) is 11.8 Å². The molecule has 0 radical (unpaired) electrons. The minimum absolute atomic E-state index is 0.113. The summed E-state index contributed by atoms with van der Waals surface area (Å²) in [5, 5.41) is 13.9. The van der Waals surface area contributed by atoms with Gasteiger partial charge in [0.1, 0.15) is 0 Å². The van der Waals surface area contributed by atoms with Gasteiger partial charge in [-0.05, 0) is 25.8 Å². The molecule has 1 aliphatic rings. The number of piperidine rings is 1. The van der Waals surface area contributed by atoms with Gasteiger partial charge >= 0.3 is 0 Å². The Morgan fingerprint density at radius 3 is 2.78 bits per heavy atom. The molecule has 1 amide bonds. The van der Waals surface area contributed by atoms with Crippen LogP contribution in [0.3, 0.4) is 0 Å². The SMILES string of the molecule is CCNC(=O)C1CCN(c2nnc(-c3ccccc3Cl)s2)CC1. The maximum atomic E-state index is 11.9. The van der Waals surface area contributed by atoms with Gasteiger partial charge in [-0.25, -0.2) is 0 Å². The molecule has 1 fully saturated rings. The van der Waals surface area contributed by atoms with Crippen molar-refractivity contribution in [2.24, 2.45) is 5.92 Å². The lowest BCUT2D eigenvalue weighted by Crippen LogP contribution is -2.40. The molecule has 0 saturated carbocycles. The molecule has 0 spiro atoms. The van der Waals surface area contributed by atoms with Gasteiger partial charge in [-0.2, -0.15) is 0 Å². The lowest BCUT2D eigenvalue weighted by Gasteiger charge is -2.30. The van der Waals surface area contributed by atoms with Crippen LogP contribution in [0.25, 0.3) is 10.6 Å². The Bertz CT molecular complexity index is 682. The van der Waals surface area contributed by atoms with E-state index in [2.05, 4.69) is 20.4 Å². The Kier molecular flexibility index (Phi) is 5.13. The Hall–Kier alpha value is -1.66. The first-order valence-electron chi connectivity index (χ1n) is 7.80. The third kappa shape index (κ3) is 3.64. The Morgan fingerprint density at radius 1 is 1.35 bits per heavy atom. The van der Waals surface area contributed by atoms with E-state index in [1.165, 1.54) is 0 Å². The summed E-state index contributed by atoms with van der Waals surface area (Å²) in [6, 6.07) is 7.66. The number of amides is 1. The third-order valence-corrected chi connectivity index (χ3v) is 5.35. The van der Waals surface area contributed by atoms with Gasteiger partial charge in [0.25, 0.3) is 0 Å². The topological polar surface area (TPSA) is 58.1 Å². The van der Waals surface area contributed by atoms with Crippen molar-refractivity contribution in [1.29, 1.82) is 0 Å². The van der Waals surface area contributed by atoms with E-state index in [1.807, 2.05) is 31.2 Å². The number of nitrogens with zero attached hydrogens (tertiary/aromatic N) is 3. The summed E-state index contributed by atoms with van der Waals surface area (Å²) in [6.07, 6.45) is 1.71. The number of halogens is 1. The molecule has 1 N–H and O–H groups in total. The summed E-state index contributed by atoms with van der Waals surface area (Å²) in [5.41, 5.74) is 0.912. The minimum atomic E-state index is 0.113. The third-order valence-electron chi connectivity index (χ3n) is 4.01. The van der Waals surface area contributed by atoms with Crippen molar-refractivity contribution in [1.82, 2.24) is 15.5 Å².